The van der Waals surface area contributed by atoms with E-state index in [1.165, 1.54) is 35.9 Å². The zero-order chi connectivity index (χ0) is 26.5. The Morgan fingerprint density at radius 2 is 1.86 bits per heavy atom. The zero-order valence-electron chi connectivity index (χ0n) is 21.5. The maximum Gasteiger partial charge on any atom is 0.256 e. The number of rotatable bonds is 8. The average Bonchev–Trinajstić information content (AvgIpc) is 3.25. The standard InChI is InChI=1S/C25H31F3N4O2.C2H6/c1-16-5-8-21(20(27)12-16)30-23-18(6-7-19(26)22(23)28)24(33)32-14-25(34,15-32)13-29-10-9-17-4-3-11-31(17)2;1-2/h5-8,12,17,29-30,34H,3-4,9-11,13-15H2,1-2H3;1-2H3. The van der Waals surface area contributed by atoms with Gasteiger partial charge in [-0.05, 0) is 76.2 Å². The van der Waals surface area contributed by atoms with Crippen molar-refractivity contribution in [3.63, 3.8) is 0 Å². The van der Waals surface area contributed by atoms with E-state index in [4.69, 9.17) is 0 Å². The van der Waals surface area contributed by atoms with Gasteiger partial charge in [-0.3, -0.25) is 4.79 Å². The van der Waals surface area contributed by atoms with Gasteiger partial charge in [-0.15, -0.1) is 0 Å². The largest absolute Gasteiger partial charge is 0.385 e. The Bertz CT molecular complexity index is 1060. The summed E-state index contributed by atoms with van der Waals surface area (Å²) in [4.78, 5) is 16.7. The number of nitrogens with zero attached hydrogens (tertiary/aromatic N) is 2. The van der Waals surface area contributed by atoms with Gasteiger partial charge in [0.25, 0.3) is 5.91 Å². The van der Waals surface area contributed by atoms with E-state index in [9.17, 15) is 23.1 Å². The molecule has 2 aromatic rings. The Morgan fingerprint density at radius 3 is 2.50 bits per heavy atom. The SMILES string of the molecule is CC.Cc1ccc(Nc2c(C(=O)N3CC(O)(CNCCC4CCCN4C)C3)ccc(F)c2F)c(F)c1. The summed E-state index contributed by atoms with van der Waals surface area (Å²) >= 11 is 0. The van der Waals surface area contributed by atoms with Crippen LogP contribution in [-0.4, -0.2) is 72.2 Å². The van der Waals surface area contributed by atoms with E-state index >= 15 is 0 Å². The number of nitrogens with one attached hydrogen (secondary N) is 2. The molecule has 198 valence electrons. The van der Waals surface area contributed by atoms with Crippen molar-refractivity contribution in [1.82, 2.24) is 15.1 Å². The molecule has 0 radical (unpaired) electrons. The van der Waals surface area contributed by atoms with Gasteiger partial charge in [-0.25, -0.2) is 13.2 Å². The van der Waals surface area contributed by atoms with E-state index in [1.54, 1.807) is 13.0 Å². The third-order valence-corrected chi connectivity index (χ3v) is 6.75. The number of carbonyl (C=O) groups excluding carboxylic acids is 1. The first-order valence-electron chi connectivity index (χ1n) is 12.6. The molecule has 4 rings (SSSR count). The number of carbonyl (C=O) groups is 1. The van der Waals surface area contributed by atoms with Gasteiger partial charge in [0.05, 0.1) is 30.0 Å². The van der Waals surface area contributed by atoms with Crippen LogP contribution in [-0.2, 0) is 0 Å². The zero-order valence-corrected chi connectivity index (χ0v) is 21.5. The normalized spacial score (nSPS) is 18.9. The second kappa shape index (κ2) is 12.1. The van der Waals surface area contributed by atoms with E-state index in [0.29, 0.717) is 18.2 Å². The van der Waals surface area contributed by atoms with Gasteiger partial charge in [-0.2, -0.15) is 0 Å². The minimum absolute atomic E-state index is 0.0682. The monoisotopic (exact) mass is 506 g/mol. The highest BCUT2D eigenvalue weighted by molar-refractivity contribution is 6.01. The summed E-state index contributed by atoms with van der Waals surface area (Å²) in [6.45, 7) is 8.06. The lowest BCUT2D eigenvalue weighted by atomic mass is 9.92. The third kappa shape index (κ3) is 6.38. The summed E-state index contributed by atoms with van der Waals surface area (Å²) < 4.78 is 42.8. The molecular formula is C27H37F3N4O2. The quantitative estimate of drug-likeness (QED) is 0.462. The van der Waals surface area contributed by atoms with Crippen LogP contribution in [0.2, 0.25) is 0 Å². The Hall–Kier alpha value is -2.62. The first-order valence-corrected chi connectivity index (χ1v) is 12.6. The van der Waals surface area contributed by atoms with Crippen LogP contribution in [0.5, 0.6) is 0 Å². The van der Waals surface area contributed by atoms with Crippen LogP contribution in [0, 0.1) is 24.4 Å². The van der Waals surface area contributed by atoms with Crippen LogP contribution in [0.3, 0.4) is 0 Å². The number of anilines is 2. The molecule has 2 aliphatic rings. The van der Waals surface area contributed by atoms with Gasteiger partial charge in [-0.1, -0.05) is 19.9 Å². The number of hydrogen-bond acceptors (Lipinski definition) is 5. The summed E-state index contributed by atoms with van der Waals surface area (Å²) in [6.07, 6.45) is 3.38. The van der Waals surface area contributed by atoms with E-state index in [2.05, 4.69) is 22.6 Å². The minimum atomic E-state index is -1.26. The smallest absolute Gasteiger partial charge is 0.256 e. The lowest BCUT2D eigenvalue weighted by molar-refractivity contribution is -0.0785. The molecule has 0 spiro atoms. The van der Waals surface area contributed by atoms with Crippen LogP contribution in [0.4, 0.5) is 24.5 Å². The fraction of sp³-hybridized carbons (Fsp3) is 0.519. The first-order chi connectivity index (χ1) is 17.2. The average molecular weight is 507 g/mol. The molecule has 0 saturated carbocycles. The Morgan fingerprint density at radius 1 is 1.14 bits per heavy atom. The first kappa shape index (κ1) is 28.0. The Labute approximate surface area is 211 Å². The molecule has 2 fully saturated rings. The van der Waals surface area contributed by atoms with Crippen molar-refractivity contribution in [2.45, 2.75) is 51.7 Å². The van der Waals surface area contributed by atoms with Gasteiger partial charge in [0.15, 0.2) is 11.6 Å². The Kier molecular flexibility index (Phi) is 9.38. The maximum atomic E-state index is 14.6. The van der Waals surface area contributed by atoms with E-state index in [1.807, 2.05) is 13.8 Å². The summed E-state index contributed by atoms with van der Waals surface area (Å²) in [6, 6.07) is 6.88. The molecule has 0 bridgehead atoms. The molecule has 1 atom stereocenters. The maximum absolute atomic E-state index is 14.6. The Balaban J connectivity index is 0.00000176. The van der Waals surface area contributed by atoms with E-state index in [0.717, 1.165) is 25.6 Å². The lowest BCUT2D eigenvalue weighted by Gasteiger charge is -2.46. The molecule has 3 N–H and O–H groups in total. The number of hydrogen-bond donors (Lipinski definition) is 3. The number of amides is 1. The van der Waals surface area contributed by atoms with E-state index in [-0.39, 0.29) is 24.3 Å². The number of likely N-dealkylation sites (tertiary alicyclic amines) is 2. The molecule has 9 heteroatoms. The fourth-order valence-electron chi connectivity index (χ4n) is 4.73. The van der Waals surface area contributed by atoms with Crippen LogP contribution in [0.25, 0.3) is 0 Å². The fourth-order valence-corrected chi connectivity index (χ4v) is 4.73. The molecule has 0 aliphatic carbocycles. The van der Waals surface area contributed by atoms with Gasteiger partial charge in [0.2, 0.25) is 0 Å². The number of halogens is 3. The van der Waals surface area contributed by atoms with Gasteiger partial charge < -0.3 is 25.5 Å². The molecule has 2 aliphatic heterocycles. The number of benzene rings is 2. The van der Waals surface area contributed by atoms with Crippen LogP contribution in [0.1, 0.15) is 49.0 Å². The third-order valence-electron chi connectivity index (χ3n) is 6.75. The summed E-state index contributed by atoms with van der Waals surface area (Å²) in [7, 11) is 2.12. The second-order valence-corrected chi connectivity index (χ2v) is 9.52. The van der Waals surface area contributed by atoms with Crippen molar-refractivity contribution in [3.8, 4) is 0 Å². The van der Waals surface area contributed by atoms with Crippen molar-refractivity contribution in [2.24, 2.45) is 0 Å². The van der Waals surface area contributed by atoms with Crippen molar-refractivity contribution < 1.29 is 23.1 Å². The second-order valence-electron chi connectivity index (χ2n) is 9.52. The van der Waals surface area contributed by atoms with Crippen molar-refractivity contribution in [3.05, 3.63) is 58.9 Å². The predicted octanol–water partition coefficient (Wildman–Crippen LogP) is 4.44. The molecule has 1 amide bonds. The molecule has 36 heavy (non-hydrogen) atoms. The molecule has 2 aromatic carbocycles. The molecule has 0 aromatic heterocycles. The summed E-state index contributed by atoms with van der Waals surface area (Å²) in [5.74, 6) is -3.62. The highest BCUT2D eigenvalue weighted by Gasteiger charge is 2.44. The van der Waals surface area contributed by atoms with Crippen molar-refractivity contribution in [1.29, 1.82) is 0 Å². The van der Waals surface area contributed by atoms with Gasteiger partial charge in [0, 0.05) is 12.6 Å². The van der Waals surface area contributed by atoms with Crippen LogP contribution in [0.15, 0.2) is 30.3 Å². The van der Waals surface area contributed by atoms with Crippen LogP contribution < -0.4 is 10.6 Å². The predicted molar refractivity (Wildman–Crippen MR) is 136 cm³/mol. The van der Waals surface area contributed by atoms with Crippen LogP contribution >= 0.6 is 0 Å². The molecule has 1 unspecified atom stereocenters. The summed E-state index contributed by atoms with van der Waals surface area (Å²) in [5.41, 5.74) is -1.03. The highest BCUT2D eigenvalue weighted by atomic mass is 19.2. The number of aryl methyl sites for hydroxylation is 1. The lowest BCUT2D eigenvalue weighted by Crippen LogP contribution is -2.67. The number of β-amino-alcohol motifs (C(OH)–C–C–N with tert-alkyl or cyclic N) is 1. The van der Waals surface area contributed by atoms with E-state index < -0.39 is 34.6 Å². The molecule has 6 nitrogen and oxygen atoms in total. The van der Waals surface area contributed by atoms with Gasteiger partial charge in [0.1, 0.15) is 11.4 Å². The number of aliphatic hydroxyl groups is 1. The molecule has 2 saturated heterocycles. The molecular weight excluding hydrogens is 469 g/mol. The molecule has 2 heterocycles. The van der Waals surface area contributed by atoms with Crippen molar-refractivity contribution >= 4 is 17.3 Å². The highest BCUT2D eigenvalue weighted by Crippen LogP contribution is 2.31. The summed E-state index contributed by atoms with van der Waals surface area (Å²) in [5, 5.41) is 16.5. The minimum Gasteiger partial charge on any atom is -0.385 e. The van der Waals surface area contributed by atoms with Crippen molar-refractivity contribution in [2.75, 3.05) is 45.1 Å². The topological polar surface area (TPSA) is 67.8 Å². The van der Waals surface area contributed by atoms with Gasteiger partial charge >= 0.3 is 0 Å².